The van der Waals surface area contributed by atoms with Gasteiger partial charge in [0.2, 0.25) is 14.9 Å². The van der Waals surface area contributed by atoms with Crippen molar-refractivity contribution < 1.29 is 26.8 Å². The van der Waals surface area contributed by atoms with Crippen LogP contribution in [-0.2, 0) is 22.9 Å². The van der Waals surface area contributed by atoms with E-state index < -0.39 is 15.7 Å². The molecule has 0 unspecified atom stereocenters. The lowest BCUT2D eigenvalue weighted by atomic mass is 10.2. The van der Waals surface area contributed by atoms with Gasteiger partial charge < -0.3 is 18.5 Å². The van der Waals surface area contributed by atoms with Crippen LogP contribution in [0.2, 0.25) is 0 Å². The summed E-state index contributed by atoms with van der Waals surface area (Å²) in [6.45, 7) is 0.451. The third-order valence-corrected chi connectivity index (χ3v) is 7.10. The second kappa shape index (κ2) is 9.68. The van der Waals surface area contributed by atoms with Gasteiger partial charge in [-0.15, -0.1) is 0 Å². The van der Waals surface area contributed by atoms with Crippen molar-refractivity contribution in [1.82, 2.24) is 4.90 Å². The van der Waals surface area contributed by atoms with Crippen molar-refractivity contribution in [3.63, 3.8) is 0 Å². The zero-order valence-corrected chi connectivity index (χ0v) is 20.0. The molecule has 0 bridgehead atoms. The number of carbonyl (C=O) groups excluding carboxylic acids is 1. The fourth-order valence-corrected chi connectivity index (χ4v) is 4.64. The number of amides is 1. The molecule has 0 spiro atoms. The fourth-order valence-electron chi connectivity index (χ4n) is 3.21. The van der Waals surface area contributed by atoms with Crippen LogP contribution in [0.15, 0.2) is 102 Å². The lowest BCUT2D eigenvalue weighted by molar-refractivity contribution is 0.0679. The molecule has 0 saturated carbocycles. The summed E-state index contributed by atoms with van der Waals surface area (Å²) in [4.78, 5) is 14.9. The molecule has 4 aromatic rings. The Kier molecular flexibility index (Phi) is 6.71. The van der Waals surface area contributed by atoms with Crippen molar-refractivity contribution >= 4 is 31.7 Å². The SMILES string of the molecule is COc1ccc(CN(Cc2ccco2)C(=O)c2ccc(S(=O)(=O)c3ccc(Br)cc3)o2)cc1. The van der Waals surface area contributed by atoms with Crippen LogP contribution < -0.4 is 4.74 Å². The summed E-state index contributed by atoms with van der Waals surface area (Å²) in [5.41, 5.74) is 0.866. The Morgan fingerprint density at radius 1 is 0.970 bits per heavy atom. The normalized spacial score (nSPS) is 11.3. The van der Waals surface area contributed by atoms with Gasteiger partial charge in [-0.05, 0) is 66.2 Å². The van der Waals surface area contributed by atoms with E-state index >= 15 is 0 Å². The number of rotatable bonds is 8. The second-order valence-electron chi connectivity index (χ2n) is 7.16. The van der Waals surface area contributed by atoms with Gasteiger partial charge in [-0.1, -0.05) is 28.1 Å². The van der Waals surface area contributed by atoms with Crippen molar-refractivity contribution in [2.45, 2.75) is 23.1 Å². The summed E-state index contributed by atoms with van der Waals surface area (Å²) in [5, 5.41) is -0.296. The van der Waals surface area contributed by atoms with Crippen LogP contribution in [0.4, 0.5) is 0 Å². The predicted molar refractivity (Wildman–Crippen MR) is 124 cm³/mol. The molecule has 0 aliphatic rings. The molecule has 0 aliphatic heterocycles. The van der Waals surface area contributed by atoms with Gasteiger partial charge in [0, 0.05) is 11.0 Å². The molecule has 0 aliphatic carbocycles. The number of benzene rings is 2. The van der Waals surface area contributed by atoms with E-state index in [9.17, 15) is 13.2 Å². The Morgan fingerprint density at radius 2 is 1.70 bits per heavy atom. The van der Waals surface area contributed by atoms with Gasteiger partial charge in [-0.25, -0.2) is 8.42 Å². The molecule has 4 rings (SSSR count). The van der Waals surface area contributed by atoms with Gasteiger partial charge in [-0.2, -0.15) is 0 Å². The van der Waals surface area contributed by atoms with Crippen LogP contribution in [0.25, 0.3) is 0 Å². The molecule has 2 heterocycles. The third kappa shape index (κ3) is 5.20. The van der Waals surface area contributed by atoms with Gasteiger partial charge in [-0.3, -0.25) is 4.79 Å². The Balaban J connectivity index is 1.60. The average Bonchev–Trinajstić information content (AvgIpc) is 3.52. The van der Waals surface area contributed by atoms with E-state index in [2.05, 4.69) is 15.9 Å². The zero-order chi connectivity index (χ0) is 23.4. The topological polar surface area (TPSA) is 90.0 Å². The average molecular weight is 530 g/mol. The molecule has 170 valence electrons. The van der Waals surface area contributed by atoms with Crippen molar-refractivity contribution in [2.75, 3.05) is 7.11 Å². The molecule has 2 aromatic carbocycles. The predicted octanol–water partition coefficient (Wildman–Crippen LogP) is 5.32. The van der Waals surface area contributed by atoms with E-state index in [0.29, 0.717) is 11.5 Å². The quantitative estimate of drug-likeness (QED) is 0.307. The number of halogens is 1. The van der Waals surface area contributed by atoms with Crippen molar-refractivity contribution in [2.24, 2.45) is 0 Å². The highest BCUT2D eigenvalue weighted by molar-refractivity contribution is 9.10. The minimum atomic E-state index is -3.90. The van der Waals surface area contributed by atoms with E-state index in [1.807, 2.05) is 12.1 Å². The summed E-state index contributed by atoms with van der Waals surface area (Å²) in [6, 6.07) is 19.7. The van der Waals surface area contributed by atoms with Gasteiger partial charge in [0.15, 0.2) is 5.76 Å². The smallest absolute Gasteiger partial charge is 0.290 e. The molecule has 9 heteroatoms. The fraction of sp³-hybridized carbons (Fsp3) is 0.125. The molecule has 0 fully saturated rings. The Hall–Kier alpha value is -3.30. The maximum absolute atomic E-state index is 13.3. The Bertz CT molecular complexity index is 1330. The molecule has 0 atom stereocenters. The highest BCUT2D eigenvalue weighted by Gasteiger charge is 2.26. The summed E-state index contributed by atoms with van der Waals surface area (Å²) in [7, 11) is -2.32. The number of hydrogen-bond acceptors (Lipinski definition) is 6. The van der Waals surface area contributed by atoms with Crippen LogP contribution >= 0.6 is 15.9 Å². The van der Waals surface area contributed by atoms with Crippen LogP contribution in [0, 0.1) is 0 Å². The lowest BCUT2D eigenvalue weighted by Crippen LogP contribution is -2.29. The molecular weight excluding hydrogens is 510 g/mol. The summed E-state index contributed by atoms with van der Waals surface area (Å²) < 4.78 is 42.7. The van der Waals surface area contributed by atoms with E-state index in [-0.39, 0.29) is 28.8 Å². The van der Waals surface area contributed by atoms with Gasteiger partial charge >= 0.3 is 0 Å². The minimum absolute atomic E-state index is 0.0738. The first-order valence-electron chi connectivity index (χ1n) is 9.92. The van der Waals surface area contributed by atoms with Gasteiger partial charge in [0.05, 0.1) is 24.8 Å². The van der Waals surface area contributed by atoms with Crippen LogP contribution in [0.5, 0.6) is 5.75 Å². The van der Waals surface area contributed by atoms with Crippen molar-refractivity contribution in [3.8, 4) is 5.75 Å². The zero-order valence-electron chi connectivity index (χ0n) is 17.6. The first-order chi connectivity index (χ1) is 15.9. The van der Waals surface area contributed by atoms with Crippen LogP contribution in [0.3, 0.4) is 0 Å². The summed E-state index contributed by atoms with van der Waals surface area (Å²) >= 11 is 3.28. The number of nitrogens with zero attached hydrogens (tertiary/aromatic N) is 1. The Labute approximate surface area is 199 Å². The van der Waals surface area contributed by atoms with Crippen LogP contribution in [0.1, 0.15) is 21.9 Å². The number of methoxy groups -OCH3 is 1. The highest BCUT2D eigenvalue weighted by Crippen LogP contribution is 2.26. The summed E-state index contributed by atoms with van der Waals surface area (Å²) in [5.74, 6) is 0.757. The number of sulfone groups is 1. The second-order valence-corrected chi connectivity index (χ2v) is 9.96. The van der Waals surface area contributed by atoms with Crippen molar-refractivity contribution in [3.05, 3.63) is 101 Å². The standard InChI is InChI=1S/C24H20BrNO6S/c1-30-19-8-4-17(5-9-19)15-26(16-20-3-2-14-31-20)24(27)22-12-13-23(32-22)33(28,29)21-10-6-18(25)7-11-21/h2-14H,15-16H2,1H3. The van der Waals surface area contributed by atoms with E-state index in [0.717, 1.165) is 10.0 Å². The largest absolute Gasteiger partial charge is 0.497 e. The lowest BCUT2D eigenvalue weighted by Gasteiger charge is -2.21. The first kappa shape index (κ1) is 22.9. The molecule has 2 aromatic heterocycles. The van der Waals surface area contributed by atoms with Gasteiger partial charge in [0.1, 0.15) is 11.5 Å². The molecule has 33 heavy (non-hydrogen) atoms. The molecule has 0 radical (unpaired) electrons. The van der Waals surface area contributed by atoms with Gasteiger partial charge in [0.25, 0.3) is 5.91 Å². The minimum Gasteiger partial charge on any atom is -0.497 e. The maximum atomic E-state index is 13.3. The molecule has 7 nitrogen and oxygen atoms in total. The molecular formula is C24H20BrNO6S. The number of furan rings is 2. The molecule has 0 N–H and O–H groups in total. The number of ether oxygens (including phenoxy) is 1. The van der Waals surface area contributed by atoms with Crippen LogP contribution in [-0.4, -0.2) is 26.3 Å². The molecule has 1 amide bonds. The maximum Gasteiger partial charge on any atom is 0.290 e. The highest BCUT2D eigenvalue weighted by atomic mass is 79.9. The van der Waals surface area contributed by atoms with E-state index in [1.54, 1.807) is 43.5 Å². The number of hydrogen-bond donors (Lipinski definition) is 0. The molecule has 0 saturated heterocycles. The van der Waals surface area contributed by atoms with E-state index in [1.165, 1.54) is 35.4 Å². The van der Waals surface area contributed by atoms with Crippen molar-refractivity contribution in [1.29, 1.82) is 0 Å². The Morgan fingerprint density at radius 3 is 2.33 bits per heavy atom. The third-order valence-electron chi connectivity index (χ3n) is 4.93. The number of carbonyl (C=O) groups is 1. The monoisotopic (exact) mass is 529 g/mol. The summed E-state index contributed by atoms with van der Waals surface area (Å²) in [6.07, 6.45) is 1.53. The first-order valence-corrected chi connectivity index (χ1v) is 12.2. The van der Waals surface area contributed by atoms with E-state index in [4.69, 9.17) is 13.6 Å².